The Morgan fingerprint density at radius 3 is 3.00 bits per heavy atom. The third kappa shape index (κ3) is 3.09. The summed E-state index contributed by atoms with van der Waals surface area (Å²) < 4.78 is 5.88. The van der Waals surface area contributed by atoms with Gasteiger partial charge in [-0.15, -0.1) is 11.3 Å². The van der Waals surface area contributed by atoms with Gasteiger partial charge in [0.2, 0.25) is 0 Å². The molecule has 18 heavy (non-hydrogen) atoms. The third-order valence-electron chi connectivity index (χ3n) is 3.35. The molecule has 102 valence electrons. The highest BCUT2D eigenvalue weighted by Gasteiger charge is 2.26. The lowest BCUT2D eigenvalue weighted by Gasteiger charge is -2.34. The Morgan fingerprint density at radius 1 is 1.56 bits per heavy atom. The van der Waals surface area contributed by atoms with E-state index in [2.05, 4.69) is 36.0 Å². The van der Waals surface area contributed by atoms with Crippen molar-refractivity contribution in [1.29, 1.82) is 0 Å². The van der Waals surface area contributed by atoms with Gasteiger partial charge in [0, 0.05) is 30.6 Å². The summed E-state index contributed by atoms with van der Waals surface area (Å²) in [6, 6.07) is 0.578. The number of aromatic nitrogens is 1. The summed E-state index contributed by atoms with van der Waals surface area (Å²) in [5.41, 5.74) is 1.13. The second-order valence-electron chi connectivity index (χ2n) is 5.04. The first-order chi connectivity index (χ1) is 8.61. The van der Waals surface area contributed by atoms with E-state index in [1.807, 2.05) is 7.05 Å². The smallest absolute Gasteiger partial charge is 0.123 e. The Kier molecular flexibility index (Phi) is 4.72. The number of morpholine rings is 1. The molecular formula is C13H23N3OS. The minimum absolute atomic E-state index is 0.149. The fourth-order valence-corrected chi connectivity index (χ4v) is 3.32. The molecule has 0 amide bonds. The first kappa shape index (κ1) is 13.9. The van der Waals surface area contributed by atoms with Crippen LogP contribution in [-0.4, -0.2) is 42.7 Å². The van der Waals surface area contributed by atoms with Crippen molar-refractivity contribution in [3.8, 4) is 0 Å². The standard InChI is InChI=1S/C13H23N3OS/c1-9(2)16-5-6-17-11(8-16)13-15-10(3)12(18-13)7-14-4/h9,11,14H,5-8H2,1-4H3. The molecule has 1 aromatic rings. The van der Waals surface area contributed by atoms with Crippen LogP contribution in [0.25, 0.3) is 0 Å². The molecule has 0 aliphatic carbocycles. The fraction of sp³-hybridized carbons (Fsp3) is 0.769. The van der Waals surface area contributed by atoms with Crippen molar-refractivity contribution in [3.05, 3.63) is 15.6 Å². The third-order valence-corrected chi connectivity index (χ3v) is 4.60. The topological polar surface area (TPSA) is 37.4 Å². The number of aryl methyl sites for hydroxylation is 1. The summed E-state index contributed by atoms with van der Waals surface area (Å²) in [6.45, 7) is 10.2. The molecule has 4 nitrogen and oxygen atoms in total. The molecule has 0 aromatic carbocycles. The van der Waals surface area contributed by atoms with E-state index >= 15 is 0 Å². The van der Waals surface area contributed by atoms with Gasteiger partial charge < -0.3 is 10.1 Å². The number of nitrogens with zero attached hydrogens (tertiary/aromatic N) is 2. The van der Waals surface area contributed by atoms with E-state index in [0.29, 0.717) is 6.04 Å². The van der Waals surface area contributed by atoms with Crippen LogP contribution in [0.3, 0.4) is 0 Å². The first-order valence-corrected chi connectivity index (χ1v) is 7.40. The average molecular weight is 269 g/mol. The van der Waals surface area contributed by atoms with E-state index < -0.39 is 0 Å². The minimum Gasteiger partial charge on any atom is -0.368 e. The lowest BCUT2D eigenvalue weighted by Crippen LogP contribution is -2.42. The van der Waals surface area contributed by atoms with Gasteiger partial charge >= 0.3 is 0 Å². The summed E-state index contributed by atoms with van der Waals surface area (Å²) in [7, 11) is 1.97. The zero-order chi connectivity index (χ0) is 13.1. The van der Waals surface area contributed by atoms with E-state index in [1.54, 1.807) is 11.3 Å². The molecule has 1 fully saturated rings. The van der Waals surface area contributed by atoms with Crippen molar-refractivity contribution in [2.45, 2.75) is 39.5 Å². The van der Waals surface area contributed by atoms with Gasteiger partial charge in [0.05, 0.1) is 12.3 Å². The summed E-state index contributed by atoms with van der Waals surface area (Å²) >= 11 is 1.78. The molecule has 2 rings (SSSR count). The lowest BCUT2D eigenvalue weighted by molar-refractivity contribution is -0.0403. The summed E-state index contributed by atoms with van der Waals surface area (Å²) in [5, 5.41) is 4.32. The Hall–Kier alpha value is -0.490. The Labute approximate surface area is 113 Å². The van der Waals surface area contributed by atoms with Crippen molar-refractivity contribution >= 4 is 11.3 Å². The van der Waals surface area contributed by atoms with E-state index in [0.717, 1.165) is 36.9 Å². The highest BCUT2D eigenvalue weighted by atomic mass is 32.1. The van der Waals surface area contributed by atoms with Gasteiger partial charge in [-0.1, -0.05) is 0 Å². The number of rotatable bonds is 4. The van der Waals surface area contributed by atoms with E-state index in [1.165, 1.54) is 4.88 Å². The number of hydrogen-bond acceptors (Lipinski definition) is 5. The quantitative estimate of drug-likeness (QED) is 0.906. The highest BCUT2D eigenvalue weighted by Crippen LogP contribution is 2.29. The minimum atomic E-state index is 0.149. The van der Waals surface area contributed by atoms with Crippen LogP contribution >= 0.6 is 11.3 Å². The zero-order valence-corrected chi connectivity index (χ0v) is 12.5. The highest BCUT2D eigenvalue weighted by molar-refractivity contribution is 7.11. The lowest BCUT2D eigenvalue weighted by atomic mass is 10.2. The Balaban J connectivity index is 2.08. The van der Waals surface area contributed by atoms with Crippen molar-refractivity contribution in [1.82, 2.24) is 15.2 Å². The molecule has 1 atom stereocenters. The van der Waals surface area contributed by atoms with Crippen LogP contribution in [0, 0.1) is 6.92 Å². The molecule has 1 saturated heterocycles. The van der Waals surface area contributed by atoms with Gasteiger partial charge in [-0.05, 0) is 27.8 Å². The second-order valence-corrected chi connectivity index (χ2v) is 6.15. The maximum atomic E-state index is 5.88. The number of thiazole rings is 1. The molecule has 1 aromatic heterocycles. The monoisotopic (exact) mass is 269 g/mol. The molecule has 5 heteroatoms. The Bertz CT molecular complexity index is 392. The normalized spacial score (nSPS) is 21.7. The Morgan fingerprint density at radius 2 is 2.33 bits per heavy atom. The molecule has 1 unspecified atom stereocenters. The molecule has 1 aliphatic rings. The van der Waals surface area contributed by atoms with E-state index in [-0.39, 0.29) is 6.10 Å². The predicted molar refractivity (Wildman–Crippen MR) is 75.0 cm³/mol. The molecular weight excluding hydrogens is 246 g/mol. The summed E-state index contributed by atoms with van der Waals surface area (Å²) in [6.07, 6.45) is 0.149. The van der Waals surface area contributed by atoms with E-state index in [4.69, 9.17) is 4.74 Å². The van der Waals surface area contributed by atoms with Gasteiger partial charge in [-0.25, -0.2) is 4.98 Å². The van der Waals surface area contributed by atoms with Gasteiger partial charge in [-0.3, -0.25) is 4.90 Å². The summed E-state index contributed by atoms with van der Waals surface area (Å²) in [5.74, 6) is 0. The molecule has 1 aliphatic heterocycles. The van der Waals surface area contributed by atoms with Crippen LogP contribution in [0.15, 0.2) is 0 Å². The van der Waals surface area contributed by atoms with E-state index in [9.17, 15) is 0 Å². The van der Waals surface area contributed by atoms with Gasteiger partial charge in [0.15, 0.2) is 0 Å². The predicted octanol–water partition coefficient (Wildman–Crippen LogP) is 1.95. The van der Waals surface area contributed by atoms with Crippen molar-refractivity contribution in [2.24, 2.45) is 0 Å². The van der Waals surface area contributed by atoms with Gasteiger partial charge in [0.1, 0.15) is 11.1 Å². The maximum Gasteiger partial charge on any atom is 0.123 e. The largest absolute Gasteiger partial charge is 0.368 e. The van der Waals surface area contributed by atoms with Crippen molar-refractivity contribution in [3.63, 3.8) is 0 Å². The molecule has 0 radical (unpaired) electrons. The molecule has 0 spiro atoms. The first-order valence-electron chi connectivity index (χ1n) is 6.58. The molecule has 2 heterocycles. The summed E-state index contributed by atoms with van der Waals surface area (Å²) in [4.78, 5) is 8.45. The molecule has 1 N–H and O–H groups in total. The van der Waals surface area contributed by atoms with Crippen molar-refractivity contribution in [2.75, 3.05) is 26.7 Å². The SMILES string of the molecule is CNCc1sc(C2CN(C(C)C)CCO2)nc1C. The van der Waals surface area contributed by atoms with Crippen LogP contribution in [0.1, 0.15) is 35.5 Å². The van der Waals surface area contributed by atoms with Gasteiger partial charge in [-0.2, -0.15) is 0 Å². The van der Waals surface area contributed by atoms with Crippen LogP contribution in [0.2, 0.25) is 0 Å². The van der Waals surface area contributed by atoms with Crippen LogP contribution in [-0.2, 0) is 11.3 Å². The second kappa shape index (κ2) is 6.10. The van der Waals surface area contributed by atoms with Crippen molar-refractivity contribution < 1.29 is 4.74 Å². The average Bonchev–Trinajstić information content (AvgIpc) is 2.72. The fourth-order valence-electron chi connectivity index (χ4n) is 2.20. The number of hydrogen-bond donors (Lipinski definition) is 1. The van der Waals surface area contributed by atoms with Crippen LogP contribution in [0.4, 0.5) is 0 Å². The zero-order valence-electron chi connectivity index (χ0n) is 11.7. The number of nitrogens with one attached hydrogen (secondary N) is 1. The van der Waals surface area contributed by atoms with Crippen LogP contribution in [0.5, 0.6) is 0 Å². The molecule has 0 saturated carbocycles. The van der Waals surface area contributed by atoms with Crippen LogP contribution < -0.4 is 5.32 Å². The maximum absolute atomic E-state index is 5.88. The molecule has 0 bridgehead atoms. The number of ether oxygens (including phenoxy) is 1. The van der Waals surface area contributed by atoms with Gasteiger partial charge in [0.25, 0.3) is 0 Å².